The predicted molar refractivity (Wildman–Crippen MR) is 221 cm³/mol. The van der Waals surface area contributed by atoms with E-state index in [9.17, 15) is 19.4 Å². The molecular formula is C43H86N2O6P+. The Morgan fingerprint density at radius 1 is 0.635 bits per heavy atom. The summed E-state index contributed by atoms with van der Waals surface area (Å²) in [5.41, 5.74) is 0. The Morgan fingerprint density at radius 3 is 1.54 bits per heavy atom. The van der Waals surface area contributed by atoms with Gasteiger partial charge in [-0.2, -0.15) is 0 Å². The summed E-state index contributed by atoms with van der Waals surface area (Å²) in [5.74, 6) is -0.187. The van der Waals surface area contributed by atoms with Crippen LogP contribution in [0, 0.1) is 0 Å². The van der Waals surface area contributed by atoms with Crippen LogP contribution in [0.5, 0.6) is 0 Å². The number of nitrogens with zero attached hydrogens (tertiary/aromatic N) is 1. The highest BCUT2D eigenvalue weighted by Crippen LogP contribution is 2.43. The number of carbonyl (C=O) groups is 1. The molecule has 52 heavy (non-hydrogen) atoms. The largest absolute Gasteiger partial charge is 0.472 e. The number of hydrogen-bond acceptors (Lipinski definition) is 5. The molecule has 0 aromatic carbocycles. The molecule has 1 amide bonds. The fourth-order valence-corrected chi connectivity index (χ4v) is 6.91. The zero-order chi connectivity index (χ0) is 38.6. The summed E-state index contributed by atoms with van der Waals surface area (Å²) < 4.78 is 23.4. The normalized spacial score (nSPS) is 14.7. The van der Waals surface area contributed by atoms with Crippen LogP contribution in [-0.2, 0) is 18.4 Å². The highest BCUT2D eigenvalue weighted by atomic mass is 31.2. The SMILES string of the molecule is CCCCC/C=C/CC/C=C/[C@@H](O)[C@H](COP(=O)(O)OCC[N+](C)(C)C)NC(=O)CCCCCCCCCCCCCCCCCCCCCCC. The summed E-state index contributed by atoms with van der Waals surface area (Å²) in [6.07, 6.45) is 41.2. The van der Waals surface area contributed by atoms with Gasteiger partial charge in [-0.05, 0) is 32.1 Å². The first-order valence-electron chi connectivity index (χ1n) is 21.7. The Labute approximate surface area is 322 Å². The van der Waals surface area contributed by atoms with Crippen molar-refractivity contribution in [1.82, 2.24) is 5.32 Å². The van der Waals surface area contributed by atoms with E-state index in [0.717, 1.165) is 38.5 Å². The lowest BCUT2D eigenvalue weighted by Gasteiger charge is -2.25. The number of allylic oxidation sites excluding steroid dienone is 3. The molecule has 0 aliphatic carbocycles. The highest BCUT2D eigenvalue weighted by Gasteiger charge is 2.27. The van der Waals surface area contributed by atoms with Crippen LogP contribution < -0.4 is 5.32 Å². The number of carbonyl (C=O) groups excluding carboxylic acids is 1. The van der Waals surface area contributed by atoms with Crippen LogP contribution >= 0.6 is 7.82 Å². The Bertz CT molecular complexity index is 907. The van der Waals surface area contributed by atoms with E-state index in [4.69, 9.17) is 9.05 Å². The van der Waals surface area contributed by atoms with Crippen LogP contribution in [-0.4, -0.2) is 73.4 Å². The number of nitrogens with one attached hydrogen (secondary N) is 1. The van der Waals surface area contributed by atoms with Gasteiger partial charge in [0, 0.05) is 6.42 Å². The summed E-state index contributed by atoms with van der Waals surface area (Å²) in [4.78, 5) is 23.0. The molecule has 0 aromatic rings. The molecule has 308 valence electrons. The lowest BCUT2D eigenvalue weighted by molar-refractivity contribution is -0.870. The van der Waals surface area contributed by atoms with Gasteiger partial charge in [-0.3, -0.25) is 13.8 Å². The van der Waals surface area contributed by atoms with Crippen molar-refractivity contribution < 1.29 is 32.9 Å². The average molecular weight is 758 g/mol. The van der Waals surface area contributed by atoms with Gasteiger partial charge >= 0.3 is 7.82 Å². The molecule has 3 atom stereocenters. The number of phosphoric ester groups is 1. The van der Waals surface area contributed by atoms with Gasteiger partial charge in [0.05, 0.1) is 39.9 Å². The molecule has 3 N–H and O–H groups in total. The number of likely N-dealkylation sites (N-methyl/N-ethyl adjacent to an activating group) is 1. The molecule has 0 bridgehead atoms. The van der Waals surface area contributed by atoms with Crippen LogP contribution in [0.3, 0.4) is 0 Å². The fourth-order valence-electron chi connectivity index (χ4n) is 6.17. The lowest BCUT2D eigenvalue weighted by atomic mass is 10.0. The number of phosphoric acid groups is 1. The Kier molecular flexibility index (Phi) is 35.0. The summed E-state index contributed by atoms with van der Waals surface area (Å²) in [7, 11) is 1.56. The van der Waals surface area contributed by atoms with E-state index in [2.05, 4.69) is 31.3 Å². The number of hydrogen-bond donors (Lipinski definition) is 3. The van der Waals surface area contributed by atoms with E-state index in [-0.39, 0.29) is 19.1 Å². The second-order valence-electron chi connectivity index (χ2n) is 16.1. The lowest BCUT2D eigenvalue weighted by Crippen LogP contribution is -2.45. The molecular weight excluding hydrogens is 671 g/mol. The second-order valence-corrected chi connectivity index (χ2v) is 17.5. The molecule has 9 heteroatoms. The second kappa shape index (κ2) is 35.7. The third kappa shape index (κ3) is 37.3. The van der Waals surface area contributed by atoms with E-state index in [1.54, 1.807) is 6.08 Å². The van der Waals surface area contributed by atoms with Gasteiger partial charge in [0.25, 0.3) is 0 Å². The van der Waals surface area contributed by atoms with Crippen LogP contribution in [0.2, 0.25) is 0 Å². The maximum Gasteiger partial charge on any atom is 0.472 e. The number of rotatable bonds is 39. The van der Waals surface area contributed by atoms with Gasteiger partial charge in [-0.1, -0.05) is 179 Å². The maximum absolute atomic E-state index is 12.8. The third-order valence-corrected chi connectivity index (χ3v) is 10.7. The predicted octanol–water partition coefficient (Wildman–Crippen LogP) is 11.7. The van der Waals surface area contributed by atoms with Crippen LogP contribution in [0.25, 0.3) is 0 Å². The van der Waals surface area contributed by atoms with E-state index >= 15 is 0 Å². The number of quaternary nitrogens is 1. The van der Waals surface area contributed by atoms with Crippen molar-refractivity contribution in [2.24, 2.45) is 0 Å². The molecule has 0 aliphatic rings. The van der Waals surface area contributed by atoms with Crippen molar-refractivity contribution in [3.05, 3.63) is 24.3 Å². The summed E-state index contributed by atoms with van der Waals surface area (Å²) in [5, 5.41) is 13.7. The molecule has 0 saturated carbocycles. The first-order chi connectivity index (χ1) is 25.0. The van der Waals surface area contributed by atoms with E-state index < -0.39 is 20.0 Å². The third-order valence-electron chi connectivity index (χ3n) is 9.67. The van der Waals surface area contributed by atoms with Gasteiger partial charge in [0.2, 0.25) is 5.91 Å². The minimum Gasteiger partial charge on any atom is -0.387 e. The molecule has 0 heterocycles. The van der Waals surface area contributed by atoms with E-state index in [0.29, 0.717) is 17.4 Å². The number of unbranched alkanes of at least 4 members (excludes halogenated alkanes) is 24. The summed E-state index contributed by atoms with van der Waals surface area (Å²) >= 11 is 0. The first-order valence-corrected chi connectivity index (χ1v) is 23.2. The van der Waals surface area contributed by atoms with Crippen LogP contribution in [0.4, 0.5) is 0 Å². The van der Waals surface area contributed by atoms with Crippen molar-refractivity contribution in [3.8, 4) is 0 Å². The average Bonchev–Trinajstić information content (AvgIpc) is 3.09. The van der Waals surface area contributed by atoms with Gasteiger partial charge in [0.15, 0.2) is 0 Å². The summed E-state index contributed by atoms with van der Waals surface area (Å²) in [6.45, 7) is 4.74. The van der Waals surface area contributed by atoms with Crippen LogP contribution in [0.1, 0.15) is 194 Å². The molecule has 0 spiro atoms. The Morgan fingerprint density at radius 2 is 1.06 bits per heavy atom. The summed E-state index contributed by atoms with van der Waals surface area (Å²) in [6, 6.07) is -0.856. The Hall–Kier alpha value is -1.02. The molecule has 8 nitrogen and oxygen atoms in total. The van der Waals surface area contributed by atoms with Crippen molar-refractivity contribution in [1.29, 1.82) is 0 Å². The molecule has 0 aliphatic heterocycles. The van der Waals surface area contributed by atoms with Crippen molar-refractivity contribution in [2.45, 2.75) is 206 Å². The molecule has 0 rings (SSSR count). The van der Waals surface area contributed by atoms with E-state index in [1.807, 2.05) is 27.2 Å². The maximum atomic E-state index is 12.8. The molecule has 0 aromatic heterocycles. The zero-order valence-corrected chi connectivity index (χ0v) is 35.7. The monoisotopic (exact) mass is 758 g/mol. The Balaban J connectivity index is 4.24. The fraction of sp³-hybridized carbons (Fsp3) is 0.884. The smallest absolute Gasteiger partial charge is 0.387 e. The van der Waals surface area contributed by atoms with Crippen molar-refractivity contribution in [2.75, 3.05) is 40.9 Å². The first kappa shape index (κ1) is 51.0. The van der Waals surface area contributed by atoms with Gasteiger partial charge in [-0.15, -0.1) is 0 Å². The molecule has 0 radical (unpaired) electrons. The van der Waals surface area contributed by atoms with E-state index in [1.165, 1.54) is 135 Å². The molecule has 1 unspecified atom stereocenters. The van der Waals surface area contributed by atoms with Crippen LogP contribution in [0.15, 0.2) is 24.3 Å². The van der Waals surface area contributed by atoms with Gasteiger partial charge < -0.3 is 19.8 Å². The zero-order valence-electron chi connectivity index (χ0n) is 34.8. The standard InChI is InChI=1S/C43H85N2O6P/c1-6-8-10-12-14-16-17-18-19-20-21-22-23-24-25-26-27-29-31-33-35-37-43(47)44-41(40-51-52(48,49)50-39-38-45(3,4)5)42(46)36-34-32-30-28-15-13-11-9-7-2/h15,28,34,36,41-42,46H,6-14,16-27,29-33,35,37-40H2,1-5H3,(H-,44,47,48,49)/p+1/b28-15+,36-34+/t41-,42+/m0/s1. The van der Waals surface area contributed by atoms with Crippen molar-refractivity contribution in [3.63, 3.8) is 0 Å². The molecule has 0 saturated heterocycles. The molecule has 0 fully saturated rings. The quantitative estimate of drug-likeness (QED) is 0.0250. The van der Waals surface area contributed by atoms with Gasteiger partial charge in [-0.25, -0.2) is 4.57 Å². The van der Waals surface area contributed by atoms with Gasteiger partial charge in [0.1, 0.15) is 13.2 Å². The topological polar surface area (TPSA) is 105 Å². The number of aliphatic hydroxyl groups excluding tert-OH is 1. The minimum atomic E-state index is -4.33. The number of amides is 1. The highest BCUT2D eigenvalue weighted by molar-refractivity contribution is 7.47. The van der Waals surface area contributed by atoms with Crippen molar-refractivity contribution >= 4 is 13.7 Å². The minimum absolute atomic E-state index is 0.0577. The number of aliphatic hydroxyl groups is 1.